The molecule has 2 aromatic heterocycles. The van der Waals surface area contributed by atoms with Crippen LogP contribution in [0.3, 0.4) is 0 Å². The highest BCUT2D eigenvalue weighted by Gasteiger charge is 2.45. The molecule has 4 nitrogen and oxygen atoms in total. The van der Waals surface area contributed by atoms with Crippen molar-refractivity contribution < 1.29 is 0 Å². The predicted octanol–water partition coefficient (Wildman–Crippen LogP) is 9.69. The first-order chi connectivity index (χ1) is 25.6. The average molecular weight is 729 g/mol. The molecule has 0 aliphatic carbocycles. The summed E-state index contributed by atoms with van der Waals surface area (Å²) in [5.41, 5.74) is 11.7. The summed E-state index contributed by atoms with van der Waals surface area (Å²) in [7, 11) is 2.15. The normalized spacial score (nSPS) is 14.8. The first-order valence-electron chi connectivity index (χ1n) is 17.5. The lowest BCUT2D eigenvalue weighted by atomic mass is 9.62. The monoisotopic (exact) mass is 728 g/mol. The smallest absolute Gasteiger partial charge is 0.164 e. The Morgan fingerprint density at radius 2 is 1.04 bits per heavy atom. The van der Waals surface area contributed by atoms with Crippen LogP contribution in [0.15, 0.2) is 174 Å². The van der Waals surface area contributed by atoms with Crippen LogP contribution in [0.5, 0.6) is 0 Å². The fraction of sp³-hybridized carbons (Fsp3) is 0.0217. The molecule has 3 heterocycles. The number of aromatic nitrogens is 4. The minimum atomic E-state index is -0.652. The van der Waals surface area contributed by atoms with Crippen LogP contribution < -0.4 is 5.46 Å². The third kappa shape index (κ3) is 4.64. The summed E-state index contributed by atoms with van der Waals surface area (Å²) in [4.78, 5) is 15.3. The van der Waals surface area contributed by atoms with Crippen LogP contribution in [0.4, 0.5) is 0 Å². The van der Waals surface area contributed by atoms with Crippen LogP contribution in [-0.4, -0.2) is 27.4 Å². The molecule has 52 heavy (non-hydrogen) atoms. The maximum absolute atomic E-state index is 5.15. The molecule has 0 bridgehead atoms. The van der Waals surface area contributed by atoms with Gasteiger partial charge in [0.1, 0.15) is 7.85 Å². The largest absolute Gasteiger partial charge is 0.309 e. The van der Waals surface area contributed by atoms with E-state index < -0.39 is 5.41 Å². The molecule has 0 amide bonds. The Kier molecular flexibility index (Phi) is 7.09. The summed E-state index contributed by atoms with van der Waals surface area (Å²) >= 11 is 3.73. The summed E-state index contributed by atoms with van der Waals surface area (Å²) < 4.78 is 3.50. The SMILES string of the molecule is Bc1ccc(C2(c3ccc(Br)cc3)c3cc(-c4nc(-c5ccccc5)nc(-c5ccccc5)n4)ccc3-n3c4ccccc4c4cccc2c43)cc1. The number of nitrogens with zero attached hydrogens (tertiary/aromatic N) is 4. The van der Waals surface area contributed by atoms with Gasteiger partial charge < -0.3 is 4.57 Å². The molecule has 0 radical (unpaired) electrons. The van der Waals surface area contributed by atoms with E-state index in [4.69, 9.17) is 15.0 Å². The van der Waals surface area contributed by atoms with Crippen LogP contribution in [0.2, 0.25) is 0 Å². The molecule has 1 aliphatic rings. The van der Waals surface area contributed by atoms with Gasteiger partial charge in [0.05, 0.1) is 22.1 Å². The zero-order valence-corrected chi connectivity index (χ0v) is 29.9. The second-order valence-electron chi connectivity index (χ2n) is 13.4. The van der Waals surface area contributed by atoms with E-state index >= 15 is 0 Å². The molecule has 0 N–H and O–H groups in total. The van der Waals surface area contributed by atoms with Gasteiger partial charge in [-0.3, -0.25) is 0 Å². The molecular weight excluding hydrogens is 699 g/mol. The molecular formula is C46H30BBrN4. The van der Waals surface area contributed by atoms with Gasteiger partial charge in [0.25, 0.3) is 0 Å². The predicted molar refractivity (Wildman–Crippen MR) is 218 cm³/mol. The zero-order chi connectivity index (χ0) is 34.8. The lowest BCUT2D eigenvalue weighted by Gasteiger charge is -2.42. The Labute approximate surface area is 311 Å². The van der Waals surface area contributed by atoms with Crippen LogP contribution in [-0.2, 0) is 5.41 Å². The van der Waals surface area contributed by atoms with Crippen LogP contribution in [0, 0.1) is 0 Å². The van der Waals surface area contributed by atoms with Crippen molar-refractivity contribution in [2.24, 2.45) is 0 Å². The molecule has 0 spiro atoms. The van der Waals surface area contributed by atoms with E-state index in [2.05, 4.69) is 162 Å². The minimum absolute atomic E-state index is 0.630. The molecule has 1 aliphatic heterocycles. The molecule has 7 aromatic carbocycles. The molecule has 0 fully saturated rings. The molecule has 1 atom stereocenters. The maximum atomic E-state index is 5.15. The highest BCUT2D eigenvalue weighted by molar-refractivity contribution is 9.10. The van der Waals surface area contributed by atoms with Crippen molar-refractivity contribution in [2.75, 3.05) is 0 Å². The number of hydrogen-bond acceptors (Lipinski definition) is 3. The molecule has 1 unspecified atom stereocenters. The second-order valence-corrected chi connectivity index (χ2v) is 14.4. The number of rotatable bonds is 5. The summed E-state index contributed by atoms with van der Waals surface area (Å²) in [6.45, 7) is 0. The maximum Gasteiger partial charge on any atom is 0.164 e. The average Bonchev–Trinajstić information content (AvgIpc) is 3.55. The number of fused-ring (bicyclic) bond motifs is 5. The number of benzene rings is 7. The van der Waals surface area contributed by atoms with E-state index in [1.165, 1.54) is 49.5 Å². The van der Waals surface area contributed by atoms with E-state index in [9.17, 15) is 0 Å². The number of halogens is 1. The summed E-state index contributed by atoms with van der Waals surface area (Å²) in [6.07, 6.45) is 0. The molecule has 6 heteroatoms. The van der Waals surface area contributed by atoms with Gasteiger partial charge in [0.2, 0.25) is 0 Å². The molecule has 9 aromatic rings. The summed E-state index contributed by atoms with van der Waals surface area (Å²) in [6, 6.07) is 60.5. The highest BCUT2D eigenvalue weighted by Crippen LogP contribution is 2.54. The van der Waals surface area contributed by atoms with Gasteiger partial charge in [-0.1, -0.05) is 155 Å². The van der Waals surface area contributed by atoms with Gasteiger partial charge in [0, 0.05) is 31.9 Å². The quantitative estimate of drug-likeness (QED) is 0.166. The van der Waals surface area contributed by atoms with Crippen molar-refractivity contribution >= 4 is 51.0 Å². The Morgan fingerprint density at radius 3 is 1.69 bits per heavy atom. The van der Waals surface area contributed by atoms with Crippen LogP contribution >= 0.6 is 15.9 Å². The van der Waals surface area contributed by atoms with Gasteiger partial charge in [-0.25, -0.2) is 15.0 Å². The Bertz CT molecular complexity index is 2690. The van der Waals surface area contributed by atoms with E-state index in [1.54, 1.807) is 0 Å². The standard InChI is InChI=1S/C46H30BBrN4/c47-34-23-19-32(20-24-34)46(33-21-25-35(48)26-22-33)38-16-9-15-37-36-14-7-8-17-40(36)52(42(37)38)41-27-18-31(28-39(41)46)45-50-43(29-10-3-1-4-11-29)49-44(51-45)30-12-5-2-6-13-30/h1-28H,47H2. The fourth-order valence-corrected chi connectivity index (χ4v) is 8.38. The van der Waals surface area contributed by atoms with Crippen LogP contribution in [0.1, 0.15) is 22.3 Å². The molecule has 10 rings (SSSR count). The Morgan fingerprint density at radius 1 is 0.481 bits per heavy atom. The van der Waals surface area contributed by atoms with E-state index in [-0.39, 0.29) is 0 Å². The minimum Gasteiger partial charge on any atom is -0.309 e. The first kappa shape index (κ1) is 30.7. The van der Waals surface area contributed by atoms with E-state index in [1.807, 2.05) is 36.4 Å². The molecule has 244 valence electrons. The van der Waals surface area contributed by atoms with Gasteiger partial charge in [-0.15, -0.1) is 0 Å². The van der Waals surface area contributed by atoms with Crippen molar-refractivity contribution in [3.8, 4) is 39.9 Å². The molecule has 0 saturated carbocycles. The highest BCUT2D eigenvalue weighted by atomic mass is 79.9. The number of hydrogen-bond donors (Lipinski definition) is 0. The van der Waals surface area contributed by atoms with Crippen LogP contribution in [0.25, 0.3) is 61.7 Å². The summed E-state index contributed by atoms with van der Waals surface area (Å²) in [5.74, 6) is 1.91. The van der Waals surface area contributed by atoms with Crippen molar-refractivity contribution in [2.45, 2.75) is 5.41 Å². The topological polar surface area (TPSA) is 43.6 Å². The Balaban J connectivity index is 1.33. The van der Waals surface area contributed by atoms with Gasteiger partial charge >= 0.3 is 0 Å². The third-order valence-electron chi connectivity index (χ3n) is 10.5. The van der Waals surface area contributed by atoms with Gasteiger partial charge in [-0.05, 0) is 58.7 Å². The van der Waals surface area contributed by atoms with Crippen molar-refractivity contribution in [1.29, 1.82) is 0 Å². The van der Waals surface area contributed by atoms with Crippen molar-refractivity contribution in [3.05, 3.63) is 197 Å². The van der Waals surface area contributed by atoms with E-state index in [0.29, 0.717) is 17.5 Å². The number of para-hydroxylation sites is 2. The van der Waals surface area contributed by atoms with Crippen molar-refractivity contribution in [1.82, 2.24) is 19.5 Å². The first-order valence-corrected chi connectivity index (χ1v) is 18.3. The van der Waals surface area contributed by atoms with Crippen molar-refractivity contribution in [3.63, 3.8) is 0 Å². The van der Waals surface area contributed by atoms with Gasteiger partial charge in [-0.2, -0.15) is 0 Å². The lowest BCUT2D eigenvalue weighted by Crippen LogP contribution is -2.35. The fourth-order valence-electron chi connectivity index (χ4n) is 8.12. The zero-order valence-electron chi connectivity index (χ0n) is 28.3. The summed E-state index contributed by atoms with van der Waals surface area (Å²) in [5, 5.41) is 2.48. The third-order valence-corrected chi connectivity index (χ3v) is 11.0. The Hall–Kier alpha value is -6.11. The second kappa shape index (κ2) is 12.0. The lowest BCUT2D eigenvalue weighted by molar-refractivity contribution is 0.728. The van der Waals surface area contributed by atoms with E-state index in [0.717, 1.165) is 26.9 Å². The van der Waals surface area contributed by atoms with Gasteiger partial charge in [0.15, 0.2) is 17.5 Å². The molecule has 0 saturated heterocycles.